The number of rotatable bonds is 7. The molecule has 2 rings (SSSR count). The van der Waals surface area contributed by atoms with E-state index in [-0.39, 0.29) is 28.4 Å². The maximum atomic E-state index is 13.8. The Morgan fingerprint density at radius 2 is 1.81 bits per heavy atom. The molecule has 0 heterocycles. The molecule has 0 bridgehead atoms. The van der Waals surface area contributed by atoms with Crippen LogP contribution in [0, 0.1) is 5.82 Å². The minimum Gasteiger partial charge on any atom is -0.493 e. The van der Waals surface area contributed by atoms with Crippen LogP contribution in [0.2, 0.25) is 5.02 Å². The molecule has 0 spiro atoms. The molecule has 0 radical (unpaired) electrons. The van der Waals surface area contributed by atoms with Crippen molar-refractivity contribution in [3.05, 3.63) is 58.4 Å². The maximum Gasteiger partial charge on any atom is 0.342 e. The van der Waals surface area contributed by atoms with Crippen LogP contribution in [0.3, 0.4) is 0 Å². The van der Waals surface area contributed by atoms with E-state index in [0.29, 0.717) is 5.75 Å². The lowest BCUT2D eigenvalue weighted by atomic mass is 10.2. The number of hydrogen-bond acceptors (Lipinski definition) is 5. The van der Waals surface area contributed by atoms with Gasteiger partial charge in [0.2, 0.25) is 0 Å². The molecule has 144 valence electrons. The number of para-hydroxylation sites is 1. The van der Waals surface area contributed by atoms with Gasteiger partial charge in [-0.3, -0.25) is 4.79 Å². The molecule has 0 saturated heterocycles. The topological polar surface area (TPSA) is 65.1 Å². The predicted octanol–water partition coefficient (Wildman–Crippen LogP) is 3.31. The number of likely N-dealkylation sites (N-methyl/N-ethyl adjacent to an activating group) is 1. The zero-order valence-electron chi connectivity index (χ0n) is 15.1. The van der Waals surface area contributed by atoms with Crippen LogP contribution < -0.4 is 9.47 Å². The SMILES string of the molecule is COc1cccc(C(=O)OCC(=O)N(C)Cc2c(F)cccc2Cl)c1OC. The Kier molecular flexibility index (Phi) is 7.01. The molecule has 0 saturated carbocycles. The van der Waals surface area contributed by atoms with Crippen LogP contribution in [0.25, 0.3) is 0 Å². The summed E-state index contributed by atoms with van der Waals surface area (Å²) in [6.45, 7) is -0.563. The highest BCUT2D eigenvalue weighted by atomic mass is 35.5. The van der Waals surface area contributed by atoms with E-state index in [4.69, 9.17) is 25.8 Å². The average Bonchev–Trinajstić information content (AvgIpc) is 2.67. The molecule has 1 amide bonds. The highest BCUT2D eigenvalue weighted by Crippen LogP contribution is 2.31. The first-order chi connectivity index (χ1) is 12.9. The molecule has 0 aliphatic rings. The average molecular weight is 396 g/mol. The molecule has 0 fully saturated rings. The van der Waals surface area contributed by atoms with Crippen molar-refractivity contribution in [3.8, 4) is 11.5 Å². The van der Waals surface area contributed by atoms with Crippen LogP contribution in [0.5, 0.6) is 11.5 Å². The highest BCUT2D eigenvalue weighted by Gasteiger charge is 2.20. The normalized spacial score (nSPS) is 10.3. The summed E-state index contributed by atoms with van der Waals surface area (Å²) in [7, 11) is 4.30. The van der Waals surface area contributed by atoms with Crippen LogP contribution in [0.4, 0.5) is 4.39 Å². The van der Waals surface area contributed by atoms with Gasteiger partial charge < -0.3 is 19.1 Å². The second-order valence-electron chi connectivity index (χ2n) is 5.57. The lowest BCUT2D eigenvalue weighted by Crippen LogP contribution is -2.31. The van der Waals surface area contributed by atoms with Crippen molar-refractivity contribution in [2.45, 2.75) is 6.54 Å². The van der Waals surface area contributed by atoms with Gasteiger partial charge in [0.05, 0.1) is 14.2 Å². The molecule has 0 unspecified atom stereocenters. The van der Waals surface area contributed by atoms with Crippen LogP contribution in [0.15, 0.2) is 36.4 Å². The first-order valence-electron chi connectivity index (χ1n) is 7.94. The molecule has 0 aliphatic heterocycles. The first kappa shape index (κ1) is 20.5. The molecule has 27 heavy (non-hydrogen) atoms. The van der Waals surface area contributed by atoms with Gasteiger partial charge in [0.25, 0.3) is 5.91 Å². The van der Waals surface area contributed by atoms with Gasteiger partial charge in [0.1, 0.15) is 11.4 Å². The first-order valence-corrected chi connectivity index (χ1v) is 8.31. The standard InChI is InChI=1S/C19H19ClFNO5/c1-22(10-13-14(20)7-5-8-15(13)21)17(23)11-27-19(24)12-6-4-9-16(25-2)18(12)26-3/h4-9H,10-11H2,1-3H3. The number of hydrogen-bond donors (Lipinski definition) is 0. The molecule has 0 atom stereocenters. The number of carbonyl (C=O) groups is 2. The third-order valence-corrected chi connectivity index (χ3v) is 4.19. The second kappa shape index (κ2) is 9.23. The minimum atomic E-state index is -0.739. The van der Waals surface area contributed by atoms with E-state index in [0.717, 1.165) is 0 Å². The van der Waals surface area contributed by atoms with E-state index in [1.54, 1.807) is 12.1 Å². The lowest BCUT2D eigenvalue weighted by Gasteiger charge is -2.18. The van der Waals surface area contributed by atoms with E-state index in [1.165, 1.54) is 50.4 Å². The van der Waals surface area contributed by atoms with Crippen molar-refractivity contribution >= 4 is 23.5 Å². The van der Waals surface area contributed by atoms with E-state index < -0.39 is 24.3 Å². The molecule has 8 heteroatoms. The Morgan fingerprint density at radius 1 is 1.11 bits per heavy atom. The number of halogens is 2. The predicted molar refractivity (Wildman–Crippen MR) is 97.7 cm³/mol. The monoisotopic (exact) mass is 395 g/mol. The summed E-state index contributed by atoms with van der Waals surface area (Å²) in [5.74, 6) is -1.19. The van der Waals surface area contributed by atoms with Crippen LogP contribution in [-0.4, -0.2) is 44.7 Å². The Labute approximate surface area is 161 Å². The Bertz CT molecular complexity index is 823. The van der Waals surface area contributed by atoms with Crippen molar-refractivity contribution in [2.75, 3.05) is 27.9 Å². The molecule has 0 aromatic heterocycles. The Hall–Kier alpha value is -2.80. The van der Waals surface area contributed by atoms with Crippen molar-refractivity contribution in [3.63, 3.8) is 0 Å². The van der Waals surface area contributed by atoms with Gasteiger partial charge in [-0.05, 0) is 24.3 Å². The largest absolute Gasteiger partial charge is 0.493 e. The van der Waals surface area contributed by atoms with Gasteiger partial charge in [0.15, 0.2) is 18.1 Å². The third kappa shape index (κ3) is 4.89. The molecule has 2 aromatic rings. The second-order valence-corrected chi connectivity index (χ2v) is 5.97. The summed E-state index contributed by atoms with van der Waals surface area (Å²) in [6.07, 6.45) is 0. The zero-order chi connectivity index (χ0) is 20.0. The van der Waals surface area contributed by atoms with E-state index >= 15 is 0 Å². The van der Waals surface area contributed by atoms with Crippen molar-refractivity contribution in [1.82, 2.24) is 4.90 Å². The molecule has 0 aliphatic carbocycles. The summed E-state index contributed by atoms with van der Waals surface area (Å²) in [6, 6.07) is 9.00. The maximum absolute atomic E-state index is 13.8. The fourth-order valence-electron chi connectivity index (χ4n) is 2.37. The molecule has 0 N–H and O–H groups in total. The van der Waals surface area contributed by atoms with Crippen LogP contribution in [0.1, 0.15) is 15.9 Å². The van der Waals surface area contributed by atoms with E-state index in [9.17, 15) is 14.0 Å². The number of methoxy groups -OCH3 is 2. The van der Waals surface area contributed by atoms with Gasteiger partial charge in [0, 0.05) is 24.2 Å². The summed E-state index contributed by atoms with van der Waals surface area (Å²) < 4.78 is 29.2. The van der Waals surface area contributed by atoms with Gasteiger partial charge >= 0.3 is 5.97 Å². The molecule has 2 aromatic carbocycles. The highest BCUT2D eigenvalue weighted by molar-refractivity contribution is 6.31. The summed E-state index contributed by atoms with van der Waals surface area (Å²) >= 11 is 5.96. The number of esters is 1. The van der Waals surface area contributed by atoms with Gasteiger partial charge in [-0.1, -0.05) is 23.7 Å². The van der Waals surface area contributed by atoms with Gasteiger partial charge in [-0.2, -0.15) is 0 Å². The Morgan fingerprint density at radius 3 is 2.44 bits per heavy atom. The summed E-state index contributed by atoms with van der Waals surface area (Å²) in [5.41, 5.74) is 0.320. The van der Waals surface area contributed by atoms with Gasteiger partial charge in [-0.15, -0.1) is 0 Å². The number of benzene rings is 2. The smallest absolute Gasteiger partial charge is 0.342 e. The van der Waals surface area contributed by atoms with Crippen molar-refractivity contribution < 1.29 is 28.2 Å². The summed E-state index contributed by atoms with van der Waals surface area (Å²) in [4.78, 5) is 25.7. The van der Waals surface area contributed by atoms with Crippen LogP contribution >= 0.6 is 11.6 Å². The molecular formula is C19H19ClFNO5. The number of amides is 1. The van der Waals surface area contributed by atoms with Crippen LogP contribution in [-0.2, 0) is 16.1 Å². The molecular weight excluding hydrogens is 377 g/mol. The quantitative estimate of drug-likeness (QED) is 0.673. The lowest BCUT2D eigenvalue weighted by molar-refractivity contribution is -0.133. The third-order valence-electron chi connectivity index (χ3n) is 3.83. The fourth-order valence-corrected chi connectivity index (χ4v) is 2.59. The number of nitrogens with zero attached hydrogens (tertiary/aromatic N) is 1. The molecule has 6 nitrogen and oxygen atoms in total. The van der Waals surface area contributed by atoms with E-state index in [1.807, 2.05) is 0 Å². The van der Waals surface area contributed by atoms with Gasteiger partial charge in [-0.25, -0.2) is 9.18 Å². The number of ether oxygens (including phenoxy) is 3. The van der Waals surface area contributed by atoms with Crippen molar-refractivity contribution in [1.29, 1.82) is 0 Å². The zero-order valence-corrected chi connectivity index (χ0v) is 15.9. The Balaban J connectivity index is 2.02. The summed E-state index contributed by atoms with van der Waals surface area (Å²) in [5, 5.41) is 0.216. The number of carbonyl (C=O) groups excluding carboxylic acids is 2. The minimum absolute atomic E-state index is 0.0512. The van der Waals surface area contributed by atoms with Crippen molar-refractivity contribution in [2.24, 2.45) is 0 Å². The van der Waals surface area contributed by atoms with E-state index in [2.05, 4.69) is 0 Å². The fraction of sp³-hybridized carbons (Fsp3) is 0.263.